The Morgan fingerprint density at radius 3 is 2.16 bits per heavy atom. The number of hydrogen-bond acceptors (Lipinski definition) is 3. The highest BCUT2D eigenvalue weighted by atomic mass is 16.3. The summed E-state index contributed by atoms with van der Waals surface area (Å²) >= 11 is 0. The molecule has 2 heterocycles. The average Bonchev–Trinajstić information content (AvgIpc) is 3.68. The molecule has 4 heteroatoms. The fourth-order valence-corrected chi connectivity index (χ4v) is 7.47. The van der Waals surface area contributed by atoms with Gasteiger partial charge in [-0.2, -0.15) is 10.5 Å². The molecule has 210 valence electrons. The van der Waals surface area contributed by atoms with Crippen molar-refractivity contribution in [2.75, 3.05) is 0 Å². The van der Waals surface area contributed by atoms with Crippen molar-refractivity contribution >= 4 is 43.7 Å². The molecule has 0 N–H and O–H groups in total. The molecule has 0 fully saturated rings. The Balaban J connectivity index is 1.28. The van der Waals surface area contributed by atoms with Crippen LogP contribution in [-0.4, -0.2) is 4.57 Å². The van der Waals surface area contributed by atoms with Crippen molar-refractivity contribution in [3.05, 3.63) is 138 Å². The van der Waals surface area contributed by atoms with Gasteiger partial charge in [-0.3, -0.25) is 0 Å². The van der Waals surface area contributed by atoms with Crippen LogP contribution in [0.2, 0.25) is 0 Å². The number of para-hydroxylation sites is 1. The molecule has 0 unspecified atom stereocenters. The monoisotopic (exact) mass is 575 g/mol. The lowest BCUT2D eigenvalue weighted by atomic mass is 9.82. The Hall–Kier alpha value is -6.10. The summed E-state index contributed by atoms with van der Waals surface area (Å²) in [5, 5.41) is 23.7. The minimum absolute atomic E-state index is 0.104. The highest BCUT2D eigenvalue weighted by Gasteiger charge is 2.36. The topological polar surface area (TPSA) is 65.7 Å². The standard InChI is InChI=1S/C41H25N3O/c1-41(2)34-9-5-3-7-27(34)31-20-33-29-14-13-26(19-39(29)45-40(33)21-35(31)41)30-17-24(22-42)11-15-37(30)44-36-10-6-4-8-28(36)32-18-25(23-43)12-16-38(32)44/h3-21H,1-2H3. The van der Waals surface area contributed by atoms with E-state index < -0.39 is 0 Å². The molecule has 9 rings (SSSR count). The van der Waals surface area contributed by atoms with Crippen LogP contribution in [0.25, 0.3) is 71.7 Å². The first-order valence-corrected chi connectivity index (χ1v) is 15.0. The van der Waals surface area contributed by atoms with Gasteiger partial charge in [0.1, 0.15) is 11.2 Å². The van der Waals surface area contributed by atoms with E-state index in [0.29, 0.717) is 11.1 Å². The molecule has 8 aromatic rings. The van der Waals surface area contributed by atoms with Gasteiger partial charge in [0, 0.05) is 32.5 Å². The first kappa shape index (κ1) is 25.4. The summed E-state index contributed by atoms with van der Waals surface area (Å²) in [7, 11) is 0. The summed E-state index contributed by atoms with van der Waals surface area (Å²) in [6.45, 7) is 4.56. The van der Waals surface area contributed by atoms with Crippen LogP contribution in [0.1, 0.15) is 36.1 Å². The number of hydrogen-bond donors (Lipinski definition) is 0. The van der Waals surface area contributed by atoms with Crippen molar-refractivity contribution in [1.82, 2.24) is 4.57 Å². The average molecular weight is 576 g/mol. The van der Waals surface area contributed by atoms with Gasteiger partial charge in [-0.05, 0) is 94.5 Å². The Labute approximate surface area is 259 Å². The van der Waals surface area contributed by atoms with Crippen molar-refractivity contribution in [3.63, 3.8) is 0 Å². The number of nitriles is 2. The zero-order chi connectivity index (χ0) is 30.4. The zero-order valence-electron chi connectivity index (χ0n) is 24.7. The summed E-state index contributed by atoms with van der Waals surface area (Å²) in [5.41, 5.74) is 12.9. The van der Waals surface area contributed by atoms with Gasteiger partial charge in [0.15, 0.2) is 0 Å². The third-order valence-corrected chi connectivity index (χ3v) is 9.65. The Bertz CT molecular complexity index is 2650. The van der Waals surface area contributed by atoms with Gasteiger partial charge in [-0.1, -0.05) is 62.4 Å². The van der Waals surface area contributed by atoms with E-state index in [2.05, 4.69) is 97.3 Å². The number of nitrogens with zero attached hydrogens (tertiary/aromatic N) is 3. The lowest BCUT2D eigenvalue weighted by Crippen LogP contribution is -2.14. The van der Waals surface area contributed by atoms with Crippen molar-refractivity contribution in [3.8, 4) is 40.1 Å². The van der Waals surface area contributed by atoms with E-state index in [1.54, 1.807) is 0 Å². The molecule has 0 saturated heterocycles. The molecular formula is C41H25N3O. The number of benzene rings is 6. The summed E-state index contributed by atoms with van der Waals surface area (Å²) in [4.78, 5) is 0. The summed E-state index contributed by atoms with van der Waals surface area (Å²) < 4.78 is 8.81. The number of furan rings is 1. The van der Waals surface area contributed by atoms with E-state index in [1.165, 1.54) is 22.3 Å². The van der Waals surface area contributed by atoms with Crippen LogP contribution in [0.3, 0.4) is 0 Å². The van der Waals surface area contributed by atoms with E-state index >= 15 is 0 Å². The van der Waals surface area contributed by atoms with Crippen LogP contribution < -0.4 is 0 Å². The van der Waals surface area contributed by atoms with Gasteiger partial charge in [0.25, 0.3) is 0 Å². The molecule has 0 atom stereocenters. The molecule has 6 aromatic carbocycles. The van der Waals surface area contributed by atoms with E-state index in [0.717, 1.165) is 60.6 Å². The van der Waals surface area contributed by atoms with Crippen molar-refractivity contribution < 1.29 is 4.42 Å². The van der Waals surface area contributed by atoms with E-state index in [1.807, 2.05) is 48.5 Å². The van der Waals surface area contributed by atoms with Gasteiger partial charge >= 0.3 is 0 Å². The quantitative estimate of drug-likeness (QED) is 0.206. The molecule has 0 aliphatic heterocycles. The van der Waals surface area contributed by atoms with Crippen LogP contribution in [-0.2, 0) is 5.41 Å². The molecule has 0 spiro atoms. The Morgan fingerprint density at radius 1 is 0.556 bits per heavy atom. The third-order valence-electron chi connectivity index (χ3n) is 9.65. The highest BCUT2D eigenvalue weighted by molar-refractivity contribution is 6.11. The van der Waals surface area contributed by atoms with E-state index in [4.69, 9.17) is 4.42 Å². The van der Waals surface area contributed by atoms with Crippen molar-refractivity contribution in [2.45, 2.75) is 19.3 Å². The van der Waals surface area contributed by atoms with Gasteiger partial charge in [0.05, 0.1) is 40.0 Å². The maximum atomic E-state index is 9.89. The van der Waals surface area contributed by atoms with Gasteiger partial charge in [0.2, 0.25) is 0 Å². The summed E-state index contributed by atoms with van der Waals surface area (Å²) in [6, 6.07) is 44.1. The van der Waals surface area contributed by atoms with Crippen molar-refractivity contribution in [2.24, 2.45) is 0 Å². The van der Waals surface area contributed by atoms with Gasteiger partial charge < -0.3 is 8.98 Å². The zero-order valence-corrected chi connectivity index (χ0v) is 24.7. The summed E-state index contributed by atoms with van der Waals surface area (Å²) in [5.74, 6) is 0. The smallest absolute Gasteiger partial charge is 0.136 e. The van der Waals surface area contributed by atoms with Crippen LogP contribution in [0.5, 0.6) is 0 Å². The third kappa shape index (κ3) is 3.46. The first-order chi connectivity index (χ1) is 22.0. The largest absolute Gasteiger partial charge is 0.456 e. The number of aromatic nitrogens is 1. The van der Waals surface area contributed by atoms with Crippen LogP contribution in [0.4, 0.5) is 0 Å². The van der Waals surface area contributed by atoms with Crippen LogP contribution in [0, 0.1) is 22.7 Å². The molecule has 0 amide bonds. The molecule has 0 radical (unpaired) electrons. The second-order valence-electron chi connectivity index (χ2n) is 12.4. The SMILES string of the molecule is CC1(C)c2ccccc2-c2cc3c(cc21)oc1cc(-c2cc(C#N)ccc2-n2c4ccccc4c4cc(C#N)ccc42)ccc13. The fourth-order valence-electron chi connectivity index (χ4n) is 7.47. The maximum Gasteiger partial charge on any atom is 0.136 e. The second kappa shape index (κ2) is 8.96. The molecule has 45 heavy (non-hydrogen) atoms. The minimum atomic E-state index is -0.104. The van der Waals surface area contributed by atoms with Gasteiger partial charge in [-0.15, -0.1) is 0 Å². The molecule has 1 aliphatic carbocycles. The minimum Gasteiger partial charge on any atom is -0.456 e. The second-order valence-corrected chi connectivity index (χ2v) is 12.4. The lowest BCUT2D eigenvalue weighted by Gasteiger charge is -2.21. The highest BCUT2D eigenvalue weighted by Crippen LogP contribution is 2.51. The van der Waals surface area contributed by atoms with Crippen LogP contribution in [0.15, 0.2) is 120 Å². The van der Waals surface area contributed by atoms with Crippen LogP contribution >= 0.6 is 0 Å². The lowest BCUT2D eigenvalue weighted by molar-refractivity contribution is 0.647. The van der Waals surface area contributed by atoms with E-state index in [-0.39, 0.29) is 5.41 Å². The van der Waals surface area contributed by atoms with Gasteiger partial charge in [-0.25, -0.2) is 0 Å². The number of rotatable bonds is 2. The van der Waals surface area contributed by atoms with E-state index in [9.17, 15) is 10.5 Å². The van der Waals surface area contributed by atoms with Crippen molar-refractivity contribution in [1.29, 1.82) is 10.5 Å². The predicted molar refractivity (Wildman–Crippen MR) is 180 cm³/mol. The molecular weight excluding hydrogens is 550 g/mol. The normalized spacial score (nSPS) is 13.2. The molecule has 0 bridgehead atoms. The predicted octanol–water partition coefficient (Wildman–Crippen LogP) is 10.4. The molecule has 1 aliphatic rings. The maximum absolute atomic E-state index is 9.89. The molecule has 4 nitrogen and oxygen atoms in total. The Morgan fingerprint density at radius 2 is 1.29 bits per heavy atom. The molecule has 2 aromatic heterocycles. The summed E-state index contributed by atoms with van der Waals surface area (Å²) in [6.07, 6.45) is 0. The molecule has 0 saturated carbocycles. The fraction of sp³-hybridized carbons (Fsp3) is 0.0732. The number of fused-ring (bicyclic) bond motifs is 9. The first-order valence-electron chi connectivity index (χ1n) is 15.0. The Kier molecular flexibility index (Phi) is 5.06.